The first-order chi connectivity index (χ1) is 16.8. The summed E-state index contributed by atoms with van der Waals surface area (Å²) in [6.45, 7) is 9.98. The lowest BCUT2D eigenvalue weighted by atomic mass is 9.97. The maximum absolute atomic E-state index is 12.9. The van der Waals surface area contributed by atoms with Crippen LogP contribution in [0.15, 0.2) is 71.5 Å². The molecule has 0 amide bonds. The molecule has 0 N–H and O–H groups in total. The lowest BCUT2D eigenvalue weighted by molar-refractivity contribution is 0.191. The number of hydrogen-bond acceptors (Lipinski definition) is 4. The van der Waals surface area contributed by atoms with Gasteiger partial charge in [0.1, 0.15) is 6.10 Å². The van der Waals surface area contributed by atoms with Crippen LogP contribution in [0.3, 0.4) is 0 Å². The van der Waals surface area contributed by atoms with Crippen LogP contribution in [-0.4, -0.2) is 38.2 Å². The molecule has 0 bridgehead atoms. The van der Waals surface area contributed by atoms with Gasteiger partial charge in [0, 0.05) is 44.9 Å². The van der Waals surface area contributed by atoms with Crippen LogP contribution in [0.2, 0.25) is 0 Å². The molecule has 35 heavy (non-hydrogen) atoms. The third-order valence-electron chi connectivity index (χ3n) is 6.56. The molecule has 182 valence electrons. The van der Waals surface area contributed by atoms with Gasteiger partial charge in [-0.05, 0) is 35.6 Å². The minimum Gasteiger partial charge on any atom is -0.473 e. The molecule has 1 aliphatic rings. The quantitative estimate of drug-likeness (QED) is 0.393. The summed E-state index contributed by atoms with van der Waals surface area (Å²) in [6, 6.07) is 22.6. The molecule has 1 atom stereocenters. The Bertz CT molecular complexity index is 1380. The molecule has 4 aromatic rings. The largest absolute Gasteiger partial charge is 0.473 e. The van der Waals surface area contributed by atoms with E-state index in [1.54, 1.807) is 4.57 Å². The SMILES string of the molecule is Cn1c(=O)n(CC(C)(C)C)c2ccc(-c3cccc(OC4CCN(Cc5ccccc5)C4)n3)cc21. The molecule has 0 aliphatic carbocycles. The van der Waals surface area contributed by atoms with Crippen LogP contribution < -0.4 is 10.4 Å². The molecule has 1 unspecified atom stereocenters. The van der Waals surface area contributed by atoms with Gasteiger partial charge in [-0.2, -0.15) is 0 Å². The molecule has 5 rings (SSSR count). The molecule has 1 fully saturated rings. The van der Waals surface area contributed by atoms with Crippen LogP contribution in [0.4, 0.5) is 0 Å². The second kappa shape index (κ2) is 9.34. The molecule has 3 heterocycles. The predicted octanol–water partition coefficient (Wildman–Crippen LogP) is 5.10. The number of fused-ring (bicyclic) bond motifs is 1. The maximum Gasteiger partial charge on any atom is 0.328 e. The number of benzene rings is 2. The van der Waals surface area contributed by atoms with Gasteiger partial charge in [0.2, 0.25) is 5.88 Å². The molecular weight excluding hydrogens is 436 g/mol. The summed E-state index contributed by atoms with van der Waals surface area (Å²) in [7, 11) is 1.84. The summed E-state index contributed by atoms with van der Waals surface area (Å²) < 4.78 is 9.88. The van der Waals surface area contributed by atoms with Crippen LogP contribution in [0.1, 0.15) is 32.8 Å². The van der Waals surface area contributed by atoms with E-state index >= 15 is 0 Å². The summed E-state index contributed by atoms with van der Waals surface area (Å²) in [5.41, 5.74) is 5.04. The second-order valence-corrected chi connectivity index (χ2v) is 10.8. The van der Waals surface area contributed by atoms with Gasteiger partial charge in [0.25, 0.3) is 0 Å². The Hall–Kier alpha value is -3.38. The molecule has 1 saturated heterocycles. The van der Waals surface area contributed by atoms with Crippen molar-refractivity contribution in [3.8, 4) is 17.1 Å². The van der Waals surface area contributed by atoms with Crippen LogP contribution in [0.5, 0.6) is 5.88 Å². The van der Waals surface area contributed by atoms with Gasteiger partial charge in [-0.3, -0.25) is 14.0 Å². The van der Waals surface area contributed by atoms with E-state index in [1.807, 2.05) is 41.9 Å². The van der Waals surface area contributed by atoms with E-state index < -0.39 is 0 Å². The van der Waals surface area contributed by atoms with Crippen LogP contribution in [-0.2, 0) is 20.1 Å². The van der Waals surface area contributed by atoms with Crippen molar-refractivity contribution in [2.24, 2.45) is 12.5 Å². The first-order valence-corrected chi connectivity index (χ1v) is 12.4. The van der Waals surface area contributed by atoms with Gasteiger partial charge >= 0.3 is 5.69 Å². The third-order valence-corrected chi connectivity index (χ3v) is 6.56. The van der Waals surface area contributed by atoms with Gasteiger partial charge in [-0.15, -0.1) is 0 Å². The number of hydrogen-bond donors (Lipinski definition) is 0. The first kappa shape index (κ1) is 23.4. The molecule has 0 spiro atoms. The Labute approximate surface area is 206 Å². The zero-order valence-corrected chi connectivity index (χ0v) is 21.1. The van der Waals surface area contributed by atoms with Gasteiger partial charge in [0.15, 0.2) is 0 Å². The van der Waals surface area contributed by atoms with Crippen molar-refractivity contribution in [1.82, 2.24) is 19.0 Å². The topological polar surface area (TPSA) is 52.3 Å². The highest BCUT2D eigenvalue weighted by molar-refractivity contribution is 5.82. The van der Waals surface area contributed by atoms with E-state index in [1.165, 1.54) is 5.56 Å². The summed E-state index contributed by atoms with van der Waals surface area (Å²) in [5, 5.41) is 0. The molecule has 6 heteroatoms. The predicted molar refractivity (Wildman–Crippen MR) is 141 cm³/mol. The van der Waals surface area contributed by atoms with E-state index in [9.17, 15) is 4.79 Å². The van der Waals surface area contributed by atoms with Gasteiger partial charge in [-0.1, -0.05) is 63.2 Å². The summed E-state index contributed by atoms with van der Waals surface area (Å²) in [5.74, 6) is 0.647. The molecule has 2 aromatic carbocycles. The molecule has 0 radical (unpaired) electrons. The number of nitrogens with zero attached hydrogens (tertiary/aromatic N) is 4. The van der Waals surface area contributed by atoms with E-state index in [-0.39, 0.29) is 17.2 Å². The van der Waals surface area contributed by atoms with E-state index in [4.69, 9.17) is 9.72 Å². The second-order valence-electron chi connectivity index (χ2n) is 10.8. The Kier molecular flexibility index (Phi) is 6.24. The Morgan fingerprint density at radius 1 is 1.00 bits per heavy atom. The summed E-state index contributed by atoms with van der Waals surface area (Å²) in [6.07, 6.45) is 1.13. The highest BCUT2D eigenvalue weighted by atomic mass is 16.5. The monoisotopic (exact) mass is 470 g/mol. The fourth-order valence-corrected chi connectivity index (χ4v) is 4.88. The summed E-state index contributed by atoms with van der Waals surface area (Å²) in [4.78, 5) is 20.1. The van der Waals surface area contributed by atoms with Crippen molar-refractivity contribution >= 4 is 11.0 Å². The van der Waals surface area contributed by atoms with Crippen LogP contribution in [0, 0.1) is 5.41 Å². The lowest BCUT2D eigenvalue weighted by Crippen LogP contribution is -2.27. The highest BCUT2D eigenvalue weighted by Gasteiger charge is 2.24. The van der Waals surface area contributed by atoms with Crippen molar-refractivity contribution < 1.29 is 4.74 Å². The van der Waals surface area contributed by atoms with Gasteiger partial charge < -0.3 is 4.74 Å². The summed E-state index contributed by atoms with van der Waals surface area (Å²) >= 11 is 0. The van der Waals surface area contributed by atoms with Crippen molar-refractivity contribution in [3.05, 3.63) is 82.8 Å². The number of ether oxygens (including phenoxy) is 1. The first-order valence-electron chi connectivity index (χ1n) is 12.4. The van der Waals surface area contributed by atoms with Crippen LogP contribution >= 0.6 is 0 Å². The Balaban J connectivity index is 1.33. The zero-order valence-electron chi connectivity index (χ0n) is 21.1. The van der Waals surface area contributed by atoms with E-state index in [0.717, 1.165) is 48.3 Å². The fraction of sp³-hybridized carbons (Fsp3) is 0.379. The standard InChI is InChI=1S/C29H34N4O2/c1-29(2,3)20-33-25-14-13-22(17-26(25)31(4)28(33)34)24-11-8-12-27(30-24)35-23-15-16-32(19-23)18-21-9-6-5-7-10-21/h5-14,17,23H,15-16,18-20H2,1-4H3. The smallest absolute Gasteiger partial charge is 0.328 e. The minimum absolute atomic E-state index is 0.0124. The van der Waals surface area contributed by atoms with Crippen molar-refractivity contribution in [3.63, 3.8) is 0 Å². The average molecular weight is 471 g/mol. The third kappa shape index (κ3) is 5.17. The molecule has 0 saturated carbocycles. The number of imidazole rings is 1. The van der Waals surface area contributed by atoms with Gasteiger partial charge in [0.05, 0.1) is 16.7 Å². The molecule has 2 aromatic heterocycles. The lowest BCUT2D eigenvalue weighted by Gasteiger charge is -2.18. The molecule has 1 aliphatic heterocycles. The van der Waals surface area contributed by atoms with E-state index in [2.05, 4.69) is 62.1 Å². The number of aryl methyl sites for hydroxylation is 1. The minimum atomic E-state index is 0.0124. The number of aromatic nitrogens is 3. The highest BCUT2D eigenvalue weighted by Crippen LogP contribution is 2.27. The van der Waals surface area contributed by atoms with Gasteiger partial charge in [-0.25, -0.2) is 9.78 Å². The number of pyridine rings is 1. The molecular formula is C29H34N4O2. The van der Waals surface area contributed by atoms with E-state index in [0.29, 0.717) is 12.4 Å². The Morgan fingerprint density at radius 3 is 2.57 bits per heavy atom. The van der Waals surface area contributed by atoms with Crippen molar-refractivity contribution in [1.29, 1.82) is 0 Å². The number of likely N-dealkylation sites (tertiary alicyclic amines) is 1. The Morgan fingerprint density at radius 2 is 1.80 bits per heavy atom. The normalized spacial score (nSPS) is 16.7. The van der Waals surface area contributed by atoms with Crippen LogP contribution in [0.25, 0.3) is 22.3 Å². The van der Waals surface area contributed by atoms with Crippen molar-refractivity contribution in [2.45, 2.75) is 46.4 Å². The average Bonchev–Trinajstić information content (AvgIpc) is 3.36. The fourth-order valence-electron chi connectivity index (χ4n) is 4.88. The molecule has 6 nitrogen and oxygen atoms in total. The maximum atomic E-state index is 12.9. The van der Waals surface area contributed by atoms with Crippen molar-refractivity contribution in [2.75, 3.05) is 13.1 Å². The number of rotatable bonds is 6. The zero-order chi connectivity index (χ0) is 24.6.